The molecule has 1 heteroatoms. The van der Waals surface area contributed by atoms with Crippen LogP contribution in [0, 0.1) is 11.8 Å². The Hall–Kier alpha value is -0.300. The lowest BCUT2D eigenvalue weighted by molar-refractivity contribution is 0.213. The van der Waals surface area contributed by atoms with E-state index in [0.717, 1.165) is 11.8 Å². The van der Waals surface area contributed by atoms with E-state index in [9.17, 15) is 0 Å². The Bertz CT molecular complexity index is 266. The molecule has 0 heterocycles. The molecular formula is C13H21N. The molecule has 0 aromatic rings. The fourth-order valence-corrected chi connectivity index (χ4v) is 3.95. The maximum atomic E-state index is 6.36. The van der Waals surface area contributed by atoms with Gasteiger partial charge in [0.2, 0.25) is 0 Å². The van der Waals surface area contributed by atoms with Gasteiger partial charge in [0.05, 0.1) is 0 Å². The van der Waals surface area contributed by atoms with E-state index in [1.165, 1.54) is 51.4 Å². The summed E-state index contributed by atoms with van der Waals surface area (Å²) in [6.45, 7) is 0. The van der Waals surface area contributed by atoms with Crippen LogP contribution in [-0.4, -0.2) is 6.04 Å². The van der Waals surface area contributed by atoms with E-state index < -0.39 is 0 Å². The largest absolute Gasteiger partial charge is 0.327 e. The molecule has 14 heavy (non-hydrogen) atoms. The van der Waals surface area contributed by atoms with Crippen LogP contribution in [0.4, 0.5) is 0 Å². The molecule has 78 valence electrons. The standard InChI is InChI=1S/C13H21N/c14-13-10-5-3-7-12(13)11-6-2-1-4-9(11)8-10/h10,12-13H,1-8,14H2. The average Bonchev–Trinajstić information content (AvgIpc) is 2.18. The van der Waals surface area contributed by atoms with Gasteiger partial charge in [-0.05, 0) is 56.8 Å². The summed E-state index contributed by atoms with van der Waals surface area (Å²) in [5.74, 6) is 1.63. The summed E-state index contributed by atoms with van der Waals surface area (Å²) in [6, 6.07) is 0.514. The number of fused-ring (bicyclic) bond motifs is 3. The molecule has 0 spiro atoms. The second kappa shape index (κ2) is 3.37. The normalized spacial score (nSPS) is 42.2. The summed E-state index contributed by atoms with van der Waals surface area (Å²) < 4.78 is 0. The molecule has 3 aliphatic rings. The fourth-order valence-electron chi connectivity index (χ4n) is 3.95. The summed E-state index contributed by atoms with van der Waals surface area (Å²) in [4.78, 5) is 0. The molecule has 2 N–H and O–H groups in total. The molecule has 0 amide bonds. The van der Waals surface area contributed by atoms with Crippen molar-refractivity contribution in [3.8, 4) is 0 Å². The zero-order valence-corrected chi connectivity index (χ0v) is 8.97. The van der Waals surface area contributed by atoms with Gasteiger partial charge < -0.3 is 5.73 Å². The number of nitrogens with two attached hydrogens (primary N) is 1. The number of rotatable bonds is 0. The zero-order chi connectivity index (χ0) is 9.54. The van der Waals surface area contributed by atoms with Gasteiger partial charge in [0.15, 0.2) is 0 Å². The van der Waals surface area contributed by atoms with Crippen molar-refractivity contribution in [1.29, 1.82) is 0 Å². The maximum Gasteiger partial charge on any atom is 0.0136 e. The second-order valence-corrected chi connectivity index (χ2v) is 5.41. The first kappa shape index (κ1) is 8.96. The molecule has 3 aliphatic carbocycles. The van der Waals surface area contributed by atoms with Crippen LogP contribution >= 0.6 is 0 Å². The Morgan fingerprint density at radius 3 is 2.79 bits per heavy atom. The highest BCUT2D eigenvalue weighted by atomic mass is 14.7. The van der Waals surface area contributed by atoms with Crippen LogP contribution in [0.5, 0.6) is 0 Å². The third kappa shape index (κ3) is 1.25. The van der Waals surface area contributed by atoms with E-state index in [2.05, 4.69) is 0 Å². The summed E-state index contributed by atoms with van der Waals surface area (Å²) in [6.07, 6.45) is 11.2. The molecule has 0 radical (unpaired) electrons. The van der Waals surface area contributed by atoms with Crippen LogP contribution in [0.3, 0.4) is 0 Å². The Balaban J connectivity index is 1.95. The van der Waals surface area contributed by atoms with E-state index in [-0.39, 0.29) is 0 Å². The number of allylic oxidation sites excluding steroid dienone is 1. The zero-order valence-electron chi connectivity index (χ0n) is 8.97. The van der Waals surface area contributed by atoms with E-state index >= 15 is 0 Å². The van der Waals surface area contributed by atoms with Crippen molar-refractivity contribution in [2.75, 3.05) is 0 Å². The highest BCUT2D eigenvalue weighted by Crippen LogP contribution is 2.47. The topological polar surface area (TPSA) is 26.0 Å². The molecule has 3 atom stereocenters. The molecule has 0 aliphatic heterocycles. The third-order valence-corrected chi connectivity index (χ3v) is 4.68. The van der Waals surface area contributed by atoms with Crippen LogP contribution in [0.25, 0.3) is 0 Å². The van der Waals surface area contributed by atoms with Gasteiger partial charge in [-0.15, -0.1) is 0 Å². The summed E-state index contributed by atoms with van der Waals surface area (Å²) >= 11 is 0. The lowest BCUT2D eigenvalue weighted by Gasteiger charge is -2.44. The minimum Gasteiger partial charge on any atom is -0.327 e. The maximum absolute atomic E-state index is 6.36. The molecule has 1 nitrogen and oxygen atoms in total. The SMILES string of the molecule is NC1C2CCCC1C1=C(CCCC1)C2. The first-order chi connectivity index (χ1) is 6.86. The van der Waals surface area contributed by atoms with Crippen LogP contribution in [0.2, 0.25) is 0 Å². The number of hydrogen-bond donors (Lipinski definition) is 1. The lowest BCUT2D eigenvalue weighted by Crippen LogP contribution is -2.45. The van der Waals surface area contributed by atoms with E-state index in [1.807, 2.05) is 5.57 Å². The molecule has 0 aromatic heterocycles. The van der Waals surface area contributed by atoms with Gasteiger partial charge in [-0.2, -0.15) is 0 Å². The predicted octanol–water partition coefficient (Wildman–Crippen LogP) is 3.00. The van der Waals surface area contributed by atoms with Gasteiger partial charge in [0.25, 0.3) is 0 Å². The average molecular weight is 191 g/mol. The molecular weight excluding hydrogens is 170 g/mol. The molecule has 2 bridgehead atoms. The third-order valence-electron chi connectivity index (χ3n) is 4.68. The van der Waals surface area contributed by atoms with Crippen molar-refractivity contribution >= 4 is 0 Å². The van der Waals surface area contributed by atoms with Gasteiger partial charge in [-0.3, -0.25) is 0 Å². The quantitative estimate of drug-likeness (QED) is 0.585. The van der Waals surface area contributed by atoms with Crippen LogP contribution < -0.4 is 5.73 Å². The van der Waals surface area contributed by atoms with Crippen molar-refractivity contribution in [1.82, 2.24) is 0 Å². The summed E-state index contributed by atoms with van der Waals surface area (Å²) in [5, 5.41) is 0. The van der Waals surface area contributed by atoms with Crippen molar-refractivity contribution in [3.05, 3.63) is 11.1 Å². The van der Waals surface area contributed by atoms with E-state index in [4.69, 9.17) is 5.73 Å². The molecule has 0 aromatic carbocycles. The first-order valence-electron chi connectivity index (χ1n) is 6.32. The Morgan fingerprint density at radius 1 is 1.00 bits per heavy atom. The first-order valence-corrected chi connectivity index (χ1v) is 6.32. The number of hydrogen-bond acceptors (Lipinski definition) is 1. The van der Waals surface area contributed by atoms with E-state index in [1.54, 1.807) is 5.57 Å². The Labute approximate surface area is 86.8 Å². The van der Waals surface area contributed by atoms with Gasteiger partial charge in [-0.1, -0.05) is 17.6 Å². The van der Waals surface area contributed by atoms with Gasteiger partial charge in [0.1, 0.15) is 0 Å². The Morgan fingerprint density at radius 2 is 1.86 bits per heavy atom. The highest BCUT2D eigenvalue weighted by molar-refractivity contribution is 5.26. The minimum absolute atomic E-state index is 0.514. The van der Waals surface area contributed by atoms with Crippen molar-refractivity contribution in [2.45, 2.75) is 57.4 Å². The fraction of sp³-hybridized carbons (Fsp3) is 0.846. The van der Waals surface area contributed by atoms with Crippen LogP contribution in [-0.2, 0) is 0 Å². The molecule has 0 saturated heterocycles. The smallest absolute Gasteiger partial charge is 0.0136 e. The van der Waals surface area contributed by atoms with Crippen LogP contribution in [0.15, 0.2) is 11.1 Å². The van der Waals surface area contributed by atoms with Crippen molar-refractivity contribution in [3.63, 3.8) is 0 Å². The minimum atomic E-state index is 0.514. The Kier molecular flexibility index (Phi) is 2.16. The highest BCUT2D eigenvalue weighted by Gasteiger charge is 2.38. The lowest BCUT2D eigenvalue weighted by atomic mass is 9.63. The molecule has 1 fully saturated rings. The second-order valence-electron chi connectivity index (χ2n) is 5.41. The molecule has 3 unspecified atom stereocenters. The van der Waals surface area contributed by atoms with Crippen molar-refractivity contribution < 1.29 is 0 Å². The summed E-state index contributed by atoms with van der Waals surface area (Å²) in [7, 11) is 0. The predicted molar refractivity (Wildman–Crippen MR) is 58.9 cm³/mol. The van der Waals surface area contributed by atoms with Crippen molar-refractivity contribution in [2.24, 2.45) is 17.6 Å². The monoisotopic (exact) mass is 191 g/mol. The molecule has 1 saturated carbocycles. The van der Waals surface area contributed by atoms with E-state index in [0.29, 0.717) is 6.04 Å². The van der Waals surface area contributed by atoms with Gasteiger partial charge >= 0.3 is 0 Å². The van der Waals surface area contributed by atoms with Crippen LogP contribution in [0.1, 0.15) is 51.4 Å². The van der Waals surface area contributed by atoms with Gasteiger partial charge in [0, 0.05) is 6.04 Å². The summed E-state index contributed by atoms with van der Waals surface area (Å²) in [5.41, 5.74) is 9.99. The van der Waals surface area contributed by atoms with Gasteiger partial charge in [-0.25, -0.2) is 0 Å². The molecule has 3 rings (SSSR count).